The minimum absolute atomic E-state index is 0.0720. The molecule has 2 amide bonds. The fourth-order valence-corrected chi connectivity index (χ4v) is 3.78. The first-order chi connectivity index (χ1) is 12.4. The van der Waals surface area contributed by atoms with Crippen molar-refractivity contribution < 1.29 is 9.59 Å². The summed E-state index contributed by atoms with van der Waals surface area (Å²) in [5, 5.41) is 3.64. The predicted molar refractivity (Wildman–Crippen MR) is 105 cm³/mol. The molecule has 0 aliphatic heterocycles. The molecule has 0 saturated carbocycles. The van der Waals surface area contributed by atoms with Crippen LogP contribution in [0.3, 0.4) is 0 Å². The Hall–Kier alpha value is -2.32. The summed E-state index contributed by atoms with van der Waals surface area (Å²) in [6.45, 7) is 2.14. The van der Waals surface area contributed by atoms with E-state index < -0.39 is 0 Å². The van der Waals surface area contributed by atoms with Crippen LogP contribution in [0, 0.1) is 6.92 Å². The summed E-state index contributed by atoms with van der Waals surface area (Å²) in [6, 6.07) is 11.3. The normalized spacial score (nSPS) is 10.7. The van der Waals surface area contributed by atoms with Gasteiger partial charge in [0.15, 0.2) is 0 Å². The summed E-state index contributed by atoms with van der Waals surface area (Å²) in [5.41, 5.74) is 1.73. The molecule has 0 saturated heterocycles. The van der Waals surface area contributed by atoms with E-state index in [4.69, 9.17) is 0 Å². The number of halogens is 1. The minimum Gasteiger partial charge on any atom is -0.342 e. The first kappa shape index (κ1) is 18.5. The molecule has 0 spiro atoms. The highest BCUT2D eigenvalue weighted by Gasteiger charge is 2.15. The molecule has 0 unspecified atom stereocenters. The van der Waals surface area contributed by atoms with Gasteiger partial charge in [0.1, 0.15) is 5.82 Å². The highest BCUT2D eigenvalue weighted by molar-refractivity contribution is 9.11. The third-order valence-electron chi connectivity index (χ3n) is 3.84. The second-order valence-electron chi connectivity index (χ2n) is 5.78. The largest absolute Gasteiger partial charge is 0.342 e. The molecule has 1 aromatic carbocycles. The minimum atomic E-state index is -0.264. The maximum atomic E-state index is 12.3. The number of aryl methyl sites for hydroxylation is 1. The summed E-state index contributed by atoms with van der Waals surface area (Å²) < 4.78 is 0.870. The number of aromatic nitrogens is 2. The third-order valence-corrected chi connectivity index (χ3v) is 5.46. The van der Waals surface area contributed by atoms with Gasteiger partial charge in [-0.05, 0) is 41.1 Å². The van der Waals surface area contributed by atoms with Crippen LogP contribution >= 0.6 is 27.3 Å². The molecule has 3 aromatic rings. The van der Waals surface area contributed by atoms with Crippen LogP contribution in [0.1, 0.15) is 21.2 Å². The Morgan fingerprint density at radius 1 is 1.19 bits per heavy atom. The van der Waals surface area contributed by atoms with Crippen molar-refractivity contribution in [1.82, 2.24) is 20.2 Å². The van der Waals surface area contributed by atoms with E-state index in [9.17, 15) is 9.59 Å². The number of carbonyl (C=O) groups is 2. The van der Waals surface area contributed by atoms with Crippen molar-refractivity contribution in [3.05, 3.63) is 56.6 Å². The smallest absolute Gasteiger partial charge is 0.261 e. The lowest BCUT2D eigenvalue weighted by Crippen LogP contribution is -2.37. The molecule has 2 heterocycles. The lowest BCUT2D eigenvalue weighted by Gasteiger charge is -2.17. The Balaban J connectivity index is 1.61. The number of para-hydroxylation sites is 1. The van der Waals surface area contributed by atoms with E-state index in [-0.39, 0.29) is 24.9 Å². The van der Waals surface area contributed by atoms with E-state index in [1.165, 1.54) is 16.2 Å². The number of rotatable bonds is 5. The molecule has 0 bridgehead atoms. The topological polar surface area (TPSA) is 75.2 Å². The zero-order chi connectivity index (χ0) is 18.7. The highest BCUT2D eigenvalue weighted by Crippen LogP contribution is 2.21. The van der Waals surface area contributed by atoms with Gasteiger partial charge >= 0.3 is 0 Å². The molecule has 26 heavy (non-hydrogen) atoms. The van der Waals surface area contributed by atoms with Gasteiger partial charge in [0.05, 0.1) is 27.3 Å². The average molecular weight is 433 g/mol. The van der Waals surface area contributed by atoms with E-state index >= 15 is 0 Å². The van der Waals surface area contributed by atoms with Crippen molar-refractivity contribution >= 4 is 50.0 Å². The summed E-state index contributed by atoms with van der Waals surface area (Å²) >= 11 is 4.63. The quantitative estimate of drug-likeness (QED) is 0.671. The number of hydrogen-bond acceptors (Lipinski definition) is 5. The molecule has 0 aliphatic rings. The van der Waals surface area contributed by atoms with Crippen molar-refractivity contribution in [1.29, 1.82) is 0 Å². The van der Waals surface area contributed by atoms with Crippen molar-refractivity contribution in [2.75, 3.05) is 13.6 Å². The molecule has 0 radical (unpaired) electrons. The molecule has 0 aliphatic carbocycles. The molecule has 134 valence electrons. The van der Waals surface area contributed by atoms with Crippen LogP contribution in [0.2, 0.25) is 0 Å². The van der Waals surface area contributed by atoms with E-state index in [0.29, 0.717) is 10.7 Å². The fraction of sp³-hybridized carbons (Fsp3) is 0.222. The van der Waals surface area contributed by atoms with Gasteiger partial charge in [0.25, 0.3) is 5.91 Å². The molecular weight excluding hydrogens is 416 g/mol. The Kier molecular flexibility index (Phi) is 5.63. The number of carbonyl (C=O) groups excluding carboxylic acids is 2. The number of likely N-dealkylation sites (N-methyl/N-ethyl adjacent to an activating group) is 1. The first-order valence-corrected chi connectivity index (χ1v) is 9.55. The lowest BCUT2D eigenvalue weighted by atomic mass is 10.2. The van der Waals surface area contributed by atoms with E-state index in [2.05, 4.69) is 31.2 Å². The maximum absolute atomic E-state index is 12.3. The standard InChI is InChI=1S/C18H17BrN4O2S/c1-11-12-5-3-4-6-13(12)22-16(21-11)10-23(2)17(24)9-20-18(25)14-7-8-15(19)26-14/h3-8H,9-10H2,1-2H3,(H,20,25). The van der Waals surface area contributed by atoms with Gasteiger partial charge in [0, 0.05) is 18.1 Å². The third kappa shape index (κ3) is 4.25. The van der Waals surface area contributed by atoms with E-state index in [1.54, 1.807) is 19.2 Å². The van der Waals surface area contributed by atoms with Gasteiger partial charge in [-0.1, -0.05) is 18.2 Å². The number of fused-ring (bicyclic) bond motifs is 1. The van der Waals surface area contributed by atoms with Gasteiger partial charge in [-0.3, -0.25) is 9.59 Å². The number of hydrogen-bond donors (Lipinski definition) is 1. The summed E-state index contributed by atoms with van der Waals surface area (Å²) in [7, 11) is 1.67. The molecular formula is C18H17BrN4O2S. The van der Waals surface area contributed by atoms with Crippen molar-refractivity contribution in [2.24, 2.45) is 0 Å². The number of nitrogens with one attached hydrogen (secondary N) is 1. The van der Waals surface area contributed by atoms with E-state index in [1.807, 2.05) is 31.2 Å². The Morgan fingerprint density at radius 2 is 1.96 bits per heavy atom. The van der Waals surface area contributed by atoms with E-state index in [0.717, 1.165) is 20.4 Å². The molecule has 1 N–H and O–H groups in total. The van der Waals surface area contributed by atoms with Crippen LogP contribution in [0.4, 0.5) is 0 Å². The molecule has 6 nitrogen and oxygen atoms in total. The zero-order valence-corrected chi connectivity index (χ0v) is 16.7. The number of amides is 2. The van der Waals surface area contributed by atoms with Crippen LogP contribution in [-0.4, -0.2) is 40.3 Å². The number of benzene rings is 1. The highest BCUT2D eigenvalue weighted by atomic mass is 79.9. The summed E-state index contributed by atoms with van der Waals surface area (Å²) in [5.74, 6) is 0.106. The second-order valence-corrected chi connectivity index (χ2v) is 8.24. The Labute approximate surface area is 163 Å². The van der Waals surface area contributed by atoms with Crippen molar-refractivity contribution in [2.45, 2.75) is 13.5 Å². The van der Waals surface area contributed by atoms with Gasteiger partial charge in [-0.25, -0.2) is 9.97 Å². The van der Waals surface area contributed by atoms with Crippen LogP contribution < -0.4 is 5.32 Å². The predicted octanol–water partition coefficient (Wildman–Crippen LogP) is 3.15. The van der Waals surface area contributed by atoms with Crippen LogP contribution in [0.15, 0.2) is 40.2 Å². The van der Waals surface area contributed by atoms with Crippen LogP contribution in [-0.2, 0) is 11.3 Å². The lowest BCUT2D eigenvalue weighted by molar-refractivity contribution is -0.129. The SMILES string of the molecule is Cc1nc(CN(C)C(=O)CNC(=O)c2ccc(Br)s2)nc2ccccc12. The van der Waals surface area contributed by atoms with Crippen LogP contribution in [0.5, 0.6) is 0 Å². The van der Waals surface area contributed by atoms with Gasteiger partial charge in [0.2, 0.25) is 5.91 Å². The number of nitrogens with zero attached hydrogens (tertiary/aromatic N) is 3. The Morgan fingerprint density at radius 3 is 2.69 bits per heavy atom. The van der Waals surface area contributed by atoms with Crippen molar-refractivity contribution in [3.8, 4) is 0 Å². The van der Waals surface area contributed by atoms with Gasteiger partial charge < -0.3 is 10.2 Å². The molecule has 2 aromatic heterocycles. The fourth-order valence-electron chi connectivity index (χ4n) is 2.48. The van der Waals surface area contributed by atoms with Gasteiger partial charge in [-0.2, -0.15) is 0 Å². The zero-order valence-electron chi connectivity index (χ0n) is 14.3. The molecule has 8 heteroatoms. The van der Waals surface area contributed by atoms with Crippen molar-refractivity contribution in [3.63, 3.8) is 0 Å². The monoisotopic (exact) mass is 432 g/mol. The molecule has 3 rings (SSSR count). The molecule has 0 atom stereocenters. The molecule has 0 fully saturated rings. The maximum Gasteiger partial charge on any atom is 0.261 e. The van der Waals surface area contributed by atoms with Crippen LogP contribution in [0.25, 0.3) is 10.9 Å². The Bertz CT molecular complexity index is 973. The average Bonchev–Trinajstić information content (AvgIpc) is 3.06. The first-order valence-electron chi connectivity index (χ1n) is 7.94. The number of thiophene rings is 1. The summed E-state index contributed by atoms with van der Waals surface area (Å²) in [6.07, 6.45) is 0. The second kappa shape index (κ2) is 7.92. The van der Waals surface area contributed by atoms with Gasteiger partial charge in [-0.15, -0.1) is 11.3 Å². The summed E-state index contributed by atoms with van der Waals surface area (Å²) in [4.78, 5) is 35.4.